The maximum atomic E-state index is 11.5. The largest absolute Gasteiger partial charge is 0.496 e. The highest BCUT2D eigenvalue weighted by Gasteiger charge is 2.04. The van der Waals surface area contributed by atoms with Gasteiger partial charge in [-0.25, -0.2) is 0 Å². The molecule has 1 aromatic carbocycles. The van der Waals surface area contributed by atoms with Crippen molar-refractivity contribution in [3.05, 3.63) is 29.8 Å². The molecule has 4 heteroatoms. The van der Waals surface area contributed by atoms with Crippen molar-refractivity contribution < 1.29 is 9.53 Å². The van der Waals surface area contributed by atoms with Crippen LogP contribution in [0.5, 0.6) is 5.75 Å². The highest BCUT2D eigenvalue weighted by Crippen LogP contribution is 2.16. The van der Waals surface area contributed by atoms with E-state index in [1.165, 1.54) is 0 Å². The number of hydrogen-bond acceptors (Lipinski definition) is 3. The molecule has 0 radical (unpaired) electrons. The van der Waals surface area contributed by atoms with Crippen LogP contribution in [-0.2, 0) is 11.3 Å². The van der Waals surface area contributed by atoms with E-state index in [-0.39, 0.29) is 5.91 Å². The Kier molecular flexibility index (Phi) is 6.22. The van der Waals surface area contributed by atoms with Crippen molar-refractivity contribution in [2.75, 3.05) is 20.2 Å². The monoisotopic (exact) mass is 250 g/mol. The molecule has 18 heavy (non-hydrogen) atoms. The van der Waals surface area contributed by atoms with Crippen LogP contribution in [-0.4, -0.2) is 26.1 Å². The third kappa shape index (κ3) is 5.19. The molecule has 1 aromatic rings. The van der Waals surface area contributed by atoms with E-state index >= 15 is 0 Å². The van der Waals surface area contributed by atoms with Crippen LogP contribution < -0.4 is 15.4 Å². The molecule has 0 saturated carbocycles. The average molecular weight is 250 g/mol. The lowest BCUT2D eigenvalue weighted by Gasteiger charge is -2.10. The lowest BCUT2D eigenvalue weighted by molar-refractivity contribution is -0.120. The van der Waals surface area contributed by atoms with Crippen LogP contribution in [0, 0.1) is 5.92 Å². The minimum atomic E-state index is 0.0265. The van der Waals surface area contributed by atoms with Crippen molar-refractivity contribution in [2.45, 2.75) is 20.4 Å². The number of para-hydroxylation sites is 1. The molecular weight excluding hydrogens is 228 g/mol. The Labute approximate surface area is 109 Å². The fraction of sp³-hybridized carbons (Fsp3) is 0.500. The maximum Gasteiger partial charge on any atom is 0.233 e. The van der Waals surface area contributed by atoms with E-state index in [0.717, 1.165) is 17.9 Å². The van der Waals surface area contributed by atoms with Gasteiger partial charge in [0.2, 0.25) is 5.91 Å². The molecule has 0 atom stereocenters. The van der Waals surface area contributed by atoms with E-state index in [1.54, 1.807) is 7.11 Å². The van der Waals surface area contributed by atoms with Crippen molar-refractivity contribution in [1.29, 1.82) is 0 Å². The van der Waals surface area contributed by atoms with Crippen LogP contribution in [0.3, 0.4) is 0 Å². The minimum absolute atomic E-state index is 0.0265. The Hall–Kier alpha value is -1.55. The summed E-state index contributed by atoms with van der Waals surface area (Å²) in [5.41, 5.74) is 1.05. The van der Waals surface area contributed by atoms with Gasteiger partial charge in [0.25, 0.3) is 0 Å². The van der Waals surface area contributed by atoms with E-state index in [4.69, 9.17) is 4.74 Å². The van der Waals surface area contributed by atoms with Gasteiger partial charge in [-0.2, -0.15) is 0 Å². The third-order valence-electron chi connectivity index (χ3n) is 2.50. The van der Waals surface area contributed by atoms with Crippen molar-refractivity contribution in [3.8, 4) is 5.75 Å². The molecule has 0 fully saturated rings. The summed E-state index contributed by atoms with van der Waals surface area (Å²) in [4.78, 5) is 11.5. The number of nitrogens with one attached hydrogen (secondary N) is 2. The van der Waals surface area contributed by atoms with Crippen molar-refractivity contribution in [2.24, 2.45) is 5.92 Å². The number of methoxy groups -OCH3 is 1. The van der Waals surface area contributed by atoms with Crippen LogP contribution in [0.15, 0.2) is 24.3 Å². The standard InChI is InChI=1S/C14H22N2O2/c1-11(2)8-16-14(17)10-15-9-12-6-4-5-7-13(12)18-3/h4-7,11,15H,8-10H2,1-3H3,(H,16,17). The normalized spacial score (nSPS) is 10.4. The number of rotatable bonds is 7. The molecule has 100 valence electrons. The predicted molar refractivity (Wildman–Crippen MR) is 72.5 cm³/mol. The molecule has 1 amide bonds. The number of amides is 1. The molecule has 0 spiro atoms. The Morgan fingerprint density at radius 1 is 1.33 bits per heavy atom. The van der Waals surface area contributed by atoms with Gasteiger partial charge >= 0.3 is 0 Å². The van der Waals surface area contributed by atoms with E-state index < -0.39 is 0 Å². The first-order valence-corrected chi connectivity index (χ1v) is 6.22. The smallest absolute Gasteiger partial charge is 0.233 e. The van der Waals surface area contributed by atoms with Gasteiger partial charge in [-0.05, 0) is 12.0 Å². The molecule has 0 aliphatic heterocycles. The van der Waals surface area contributed by atoms with Gasteiger partial charge < -0.3 is 15.4 Å². The number of carbonyl (C=O) groups excluding carboxylic acids is 1. The second-order valence-electron chi connectivity index (χ2n) is 4.61. The van der Waals surface area contributed by atoms with Crippen LogP contribution in [0.4, 0.5) is 0 Å². The van der Waals surface area contributed by atoms with Gasteiger partial charge in [0, 0.05) is 18.7 Å². The van der Waals surface area contributed by atoms with Gasteiger partial charge in [-0.3, -0.25) is 4.79 Å². The van der Waals surface area contributed by atoms with Crippen LogP contribution in [0.2, 0.25) is 0 Å². The summed E-state index contributed by atoms with van der Waals surface area (Å²) in [6.07, 6.45) is 0. The van der Waals surface area contributed by atoms with E-state index in [2.05, 4.69) is 24.5 Å². The summed E-state index contributed by atoms with van der Waals surface area (Å²) in [6.45, 7) is 5.81. The van der Waals surface area contributed by atoms with E-state index in [9.17, 15) is 4.79 Å². The molecule has 4 nitrogen and oxygen atoms in total. The first-order valence-electron chi connectivity index (χ1n) is 6.22. The number of benzene rings is 1. The third-order valence-corrected chi connectivity index (χ3v) is 2.50. The first kappa shape index (κ1) is 14.5. The topological polar surface area (TPSA) is 50.4 Å². The van der Waals surface area contributed by atoms with E-state index in [1.807, 2.05) is 24.3 Å². The lowest BCUT2D eigenvalue weighted by Crippen LogP contribution is -2.35. The van der Waals surface area contributed by atoms with Gasteiger partial charge in [0.1, 0.15) is 5.75 Å². The molecule has 1 rings (SSSR count). The van der Waals surface area contributed by atoms with Crippen LogP contribution in [0.1, 0.15) is 19.4 Å². The van der Waals surface area contributed by atoms with Gasteiger partial charge in [0.05, 0.1) is 13.7 Å². The summed E-state index contributed by atoms with van der Waals surface area (Å²) in [6, 6.07) is 7.78. The summed E-state index contributed by atoms with van der Waals surface area (Å²) in [7, 11) is 1.65. The Morgan fingerprint density at radius 2 is 2.06 bits per heavy atom. The van der Waals surface area contributed by atoms with Crippen molar-refractivity contribution in [3.63, 3.8) is 0 Å². The zero-order valence-corrected chi connectivity index (χ0v) is 11.3. The number of hydrogen-bond donors (Lipinski definition) is 2. The van der Waals surface area contributed by atoms with Gasteiger partial charge in [-0.15, -0.1) is 0 Å². The summed E-state index contributed by atoms with van der Waals surface area (Å²) < 4.78 is 5.24. The molecule has 0 bridgehead atoms. The first-order chi connectivity index (χ1) is 8.63. The summed E-state index contributed by atoms with van der Waals surface area (Å²) in [5.74, 6) is 1.34. The van der Waals surface area contributed by atoms with E-state index in [0.29, 0.717) is 19.0 Å². The maximum absolute atomic E-state index is 11.5. The summed E-state index contributed by atoms with van der Waals surface area (Å²) >= 11 is 0. The molecule has 0 saturated heterocycles. The second kappa shape index (κ2) is 7.71. The molecule has 0 unspecified atom stereocenters. The van der Waals surface area contributed by atoms with Crippen molar-refractivity contribution in [1.82, 2.24) is 10.6 Å². The SMILES string of the molecule is COc1ccccc1CNCC(=O)NCC(C)C. The molecule has 0 aromatic heterocycles. The zero-order valence-electron chi connectivity index (χ0n) is 11.3. The number of carbonyl (C=O) groups is 1. The van der Waals surface area contributed by atoms with Crippen LogP contribution >= 0.6 is 0 Å². The van der Waals surface area contributed by atoms with Crippen LogP contribution in [0.25, 0.3) is 0 Å². The van der Waals surface area contributed by atoms with Gasteiger partial charge in [0.15, 0.2) is 0 Å². The predicted octanol–water partition coefficient (Wildman–Crippen LogP) is 1.56. The molecular formula is C14H22N2O2. The average Bonchev–Trinajstić information content (AvgIpc) is 2.37. The molecule has 0 aliphatic rings. The lowest BCUT2D eigenvalue weighted by atomic mass is 10.2. The Balaban J connectivity index is 2.31. The Bertz CT molecular complexity index is 378. The Morgan fingerprint density at radius 3 is 2.72 bits per heavy atom. The minimum Gasteiger partial charge on any atom is -0.496 e. The highest BCUT2D eigenvalue weighted by atomic mass is 16.5. The zero-order chi connectivity index (χ0) is 13.4. The summed E-state index contributed by atoms with van der Waals surface area (Å²) in [5, 5.41) is 5.97. The highest BCUT2D eigenvalue weighted by molar-refractivity contribution is 5.77. The fourth-order valence-electron chi connectivity index (χ4n) is 1.54. The molecule has 0 heterocycles. The molecule has 2 N–H and O–H groups in total. The van der Waals surface area contributed by atoms with Gasteiger partial charge in [-0.1, -0.05) is 32.0 Å². The number of ether oxygens (including phenoxy) is 1. The second-order valence-corrected chi connectivity index (χ2v) is 4.61. The fourth-order valence-corrected chi connectivity index (χ4v) is 1.54. The van der Waals surface area contributed by atoms with Crippen molar-refractivity contribution >= 4 is 5.91 Å². The quantitative estimate of drug-likeness (QED) is 0.772. The molecule has 0 aliphatic carbocycles.